The zero-order valence-corrected chi connectivity index (χ0v) is 80.8. The number of phenols is 1. The van der Waals surface area contributed by atoms with Gasteiger partial charge in [0.1, 0.15) is 42.0 Å². The van der Waals surface area contributed by atoms with Crippen molar-refractivity contribution >= 4 is 92.4 Å². The van der Waals surface area contributed by atoms with Crippen molar-refractivity contribution in [2.75, 3.05) is 113 Å². The van der Waals surface area contributed by atoms with E-state index in [0.29, 0.717) is 18.5 Å². The third-order valence-corrected chi connectivity index (χ3v) is 26.4. The van der Waals surface area contributed by atoms with Gasteiger partial charge in [-0.15, -0.1) is 0 Å². The maximum absolute atomic E-state index is 9.85. The highest BCUT2D eigenvalue weighted by atomic mass is 79.9. The van der Waals surface area contributed by atoms with Crippen LogP contribution in [0.4, 0.5) is 0 Å². The summed E-state index contributed by atoms with van der Waals surface area (Å²) in [4.78, 5) is 9.54. The van der Waals surface area contributed by atoms with Crippen LogP contribution in [0.15, 0.2) is 329 Å². The van der Waals surface area contributed by atoms with Crippen molar-refractivity contribution in [2.45, 2.75) is 114 Å². The van der Waals surface area contributed by atoms with E-state index in [9.17, 15) is 25.5 Å². The van der Waals surface area contributed by atoms with E-state index in [1.54, 1.807) is 12.1 Å². The highest BCUT2D eigenvalue weighted by Gasteiger charge is 2.29. The third kappa shape index (κ3) is 30.1. The zero-order valence-electron chi connectivity index (χ0n) is 76.1. The van der Waals surface area contributed by atoms with Crippen molar-refractivity contribution in [2.24, 2.45) is 0 Å². The number of ether oxygens (including phenoxy) is 4. The summed E-state index contributed by atoms with van der Waals surface area (Å²) in [6.07, 6.45) is 14.4. The Morgan fingerprint density at radius 3 is 0.863 bits per heavy atom. The Kier molecular flexibility index (Phi) is 39.2. The summed E-state index contributed by atoms with van der Waals surface area (Å²) in [7, 11) is 6.55. The smallest absolute Gasteiger partial charge is 0.119 e. The second-order valence-corrected chi connectivity index (χ2v) is 36.9. The van der Waals surface area contributed by atoms with Crippen LogP contribution in [0.2, 0.25) is 0 Å². The Morgan fingerprint density at radius 1 is 0.290 bits per heavy atom. The molecule has 0 aromatic heterocycles. The molecule has 4 aliphatic heterocycles. The fourth-order valence-electron chi connectivity index (χ4n) is 17.4. The van der Waals surface area contributed by atoms with E-state index in [1.165, 1.54) is 114 Å². The molecule has 131 heavy (non-hydrogen) atoms. The molecule has 16 rings (SSSR count). The Labute approximate surface area is 802 Å². The van der Waals surface area contributed by atoms with Crippen LogP contribution in [-0.2, 0) is 0 Å². The van der Waals surface area contributed by atoms with Crippen molar-refractivity contribution in [1.29, 1.82) is 0 Å². The molecule has 4 aliphatic rings. The van der Waals surface area contributed by atoms with Crippen molar-refractivity contribution in [1.82, 2.24) is 19.6 Å². The highest BCUT2D eigenvalue weighted by molar-refractivity contribution is 9.11. The number of phenolic OH excluding ortho intramolecular Hbond substituents is 1. The second-order valence-electron chi connectivity index (χ2n) is 34.1. The Balaban J connectivity index is 0.000000149. The fourth-order valence-corrected chi connectivity index (χ4v) is 18.2. The van der Waals surface area contributed by atoms with Gasteiger partial charge in [-0.05, 0) is 339 Å². The summed E-state index contributed by atoms with van der Waals surface area (Å²) in [5, 5.41) is 48.1. The molecular weight excluding hydrogens is 1820 g/mol. The number of likely N-dealkylation sites (tertiary alicyclic amines) is 2. The van der Waals surface area contributed by atoms with Gasteiger partial charge in [0.25, 0.3) is 0 Å². The van der Waals surface area contributed by atoms with E-state index in [1.807, 2.05) is 60.7 Å². The van der Waals surface area contributed by atoms with Crippen molar-refractivity contribution in [3.05, 3.63) is 396 Å². The van der Waals surface area contributed by atoms with E-state index in [2.05, 4.69) is 331 Å². The molecule has 682 valence electrons. The number of allylic oxidation sites excluding steroid dienone is 4. The molecule has 0 radical (unpaired) electrons. The number of hydrogen-bond acceptors (Lipinski definition) is 13. The maximum Gasteiger partial charge on any atom is 0.119 e. The number of hydrogen-bond donors (Lipinski definition) is 5. The van der Waals surface area contributed by atoms with Crippen molar-refractivity contribution in [3.8, 4) is 28.7 Å². The number of aromatic hydroxyl groups is 1. The quantitative estimate of drug-likeness (QED) is 0.0141. The summed E-state index contributed by atoms with van der Waals surface area (Å²) < 4.78 is 27.3. The second kappa shape index (κ2) is 52.2. The predicted octanol–water partition coefficient (Wildman–Crippen LogP) is 25.2. The summed E-state index contributed by atoms with van der Waals surface area (Å²) in [6.45, 7) is 10.5. The molecular formula is C115H127Br3N4O9. The summed E-state index contributed by atoms with van der Waals surface area (Å²) in [5.74, 6) is 3.85. The topological polar surface area (TPSA) is 151 Å². The monoisotopic (exact) mass is 1940 g/mol. The van der Waals surface area contributed by atoms with Gasteiger partial charge in [0.05, 0.1) is 13.2 Å². The number of benzene rings is 12. The minimum atomic E-state index is 0.141. The molecule has 0 saturated carbocycles. The maximum atomic E-state index is 9.85. The van der Waals surface area contributed by atoms with Crippen LogP contribution in [0.25, 0.3) is 44.6 Å². The summed E-state index contributed by atoms with van der Waals surface area (Å²) in [6, 6.07) is 110. The normalized spacial score (nSPS) is 16.6. The van der Waals surface area contributed by atoms with Gasteiger partial charge in [-0.2, -0.15) is 0 Å². The number of nitrogens with zero attached hydrogens (tertiary/aromatic N) is 4. The summed E-state index contributed by atoms with van der Waals surface area (Å²) >= 11 is 10.7. The van der Waals surface area contributed by atoms with Gasteiger partial charge in [0, 0.05) is 84.2 Å². The molecule has 0 amide bonds. The molecule has 5 N–H and O–H groups in total. The number of halogens is 3. The number of aliphatic hydroxyl groups is 4. The molecule has 0 spiro atoms. The van der Waals surface area contributed by atoms with Crippen LogP contribution < -0.4 is 18.9 Å². The molecule has 13 nitrogen and oxygen atoms in total. The number of likely N-dealkylation sites (N-methyl/N-ethyl adjacent to an activating group) is 2. The molecule has 0 aliphatic carbocycles. The third-order valence-electron chi connectivity index (χ3n) is 24.8. The van der Waals surface area contributed by atoms with E-state index >= 15 is 0 Å². The molecule has 12 aromatic rings. The van der Waals surface area contributed by atoms with Gasteiger partial charge in [0.15, 0.2) is 0 Å². The predicted molar refractivity (Wildman–Crippen MR) is 551 cm³/mol. The lowest BCUT2D eigenvalue weighted by molar-refractivity contribution is 0.198. The fraction of sp³-hybridized carbons (Fsp3) is 0.304. The van der Waals surface area contributed by atoms with E-state index in [4.69, 9.17) is 18.9 Å². The van der Waals surface area contributed by atoms with Crippen LogP contribution in [0, 0.1) is 0 Å². The van der Waals surface area contributed by atoms with Crippen molar-refractivity contribution in [3.63, 3.8) is 0 Å². The van der Waals surface area contributed by atoms with Gasteiger partial charge in [-0.1, -0.05) is 266 Å². The van der Waals surface area contributed by atoms with Crippen molar-refractivity contribution < 1.29 is 44.5 Å². The molecule has 16 heteroatoms. The lowest BCUT2D eigenvalue weighted by atomic mass is 9.87. The molecule has 0 bridgehead atoms. The first kappa shape index (κ1) is 98.2. The van der Waals surface area contributed by atoms with Crippen LogP contribution in [0.3, 0.4) is 0 Å². The molecule has 4 atom stereocenters. The van der Waals surface area contributed by atoms with Crippen LogP contribution >= 0.6 is 47.8 Å². The van der Waals surface area contributed by atoms with E-state index in [0.717, 1.165) is 195 Å². The van der Waals surface area contributed by atoms with Gasteiger partial charge < -0.3 is 59.2 Å². The molecule has 4 unspecified atom stereocenters. The van der Waals surface area contributed by atoms with Gasteiger partial charge >= 0.3 is 0 Å². The lowest BCUT2D eigenvalue weighted by Gasteiger charge is -2.20. The Hall–Kier alpha value is -10.3. The van der Waals surface area contributed by atoms with E-state index < -0.39 is 0 Å². The standard InChI is InChI=1S/C30H35NO3.2C29H32BrNO2.C27H28BrNO2/c1-31-20-5-9-26(31)19-22-34-28-17-13-25(14-18-28)30(24-11-15-27(33)16-12-24)29(10-6-21-32)23-7-3-2-4-8-23;1-31-21-26(31)9-6-20-33-27-17-13-24(14-18-27)29(23-11-15-25(30)16-12-23)28(10-5-19-32)22-7-3-2-4-8-22;1-31-19-5-9-26(31)21-33-27-17-13-24(14-18-27)29(23-11-15-25(30)16-12-23)28(10-6-20-32)22-7-3-2-4-8-22;28-24-12-8-22(9-13-24)27(26(7-4-19-30)21-5-2-1-3-6-21)23-10-14-25(15-11-23)31-20-18-29-16-17-29/h2-4,7-8,11-18,26,32-33H,5-6,9-10,19-22H2,1H3;2*2-4,7-8,11-18,26,32H,5-6,9-10,19-21H2,1H3;1-3,5-6,8-15,30H,4,7,16-20H2/b30-29-;2*29-28-;27-26-. The van der Waals surface area contributed by atoms with Crippen LogP contribution in [-0.4, -0.2) is 177 Å². The molecule has 4 saturated heterocycles. The number of aliphatic hydroxyl groups excluding tert-OH is 4. The van der Waals surface area contributed by atoms with E-state index in [-0.39, 0.29) is 32.2 Å². The highest BCUT2D eigenvalue weighted by Crippen LogP contribution is 2.42. The Bertz CT molecular complexity index is 5530. The molecule has 4 fully saturated rings. The largest absolute Gasteiger partial charge is 0.508 e. The molecule has 12 aromatic carbocycles. The van der Waals surface area contributed by atoms with Gasteiger partial charge in [0.2, 0.25) is 0 Å². The first-order valence-corrected chi connectivity index (χ1v) is 49.0. The average Bonchev–Trinajstić information content (AvgIpc) is 1.72. The SMILES string of the molecule is CN1CC1CCCOc1ccc(/C(=C(/CCCO)c2ccccc2)c2ccc(Br)cc2)cc1.CN1CCCC1CCOc1ccc(/C(=C(/CCCO)c2ccccc2)c2ccc(O)cc2)cc1.CN1CCCC1COc1ccc(/C(=C(/CCCO)c2ccccc2)c2ccc(Br)cc2)cc1.OCCC/C(=C(\c1ccc(Br)cc1)c1ccc(OCCN2CC2)cc1)c1ccccc1. The van der Waals surface area contributed by atoms with Crippen LogP contribution in [0.5, 0.6) is 28.7 Å². The van der Waals surface area contributed by atoms with Crippen LogP contribution in [0.1, 0.15) is 163 Å². The summed E-state index contributed by atoms with van der Waals surface area (Å²) in [5.41, 5.74) is 23.4. The van der Waals surface area contributed by atoms with Gasteiger partial charge in [-0.25, -0.2) is 0 Å². The number of rotatable bonds is 40. The first-order valence-electron chi connectivity index (χ1n) is 46.6. The van der Waals surface area contributed by atoms with Gasteiger partial charge in [-0.3, -0.25) is 4.90 Å². The lowest BCUT2D eigenvalue weighted by Crippen LogP contribution is -2.30. The first-order chi connectivity index (χ1) is 64.2. The average molecular weight is 1950 g/mol. The zero-order chi connectivity index (χ0) is 91.3. The molecule has 4 heterocycles. The minimum Gasteiger partial charge on any atom is -0.508 e. The Morgan fingerprint density at radius 2 is 0.573 bits per heavy atom. The minimum absolute atomic E-state index is 0.141.